The van der Waals surface area contributed by atoms with E-state index in [1.54, 1.807) is 0 Å². The third kappa shape index (κ3) is 3.91. The standard InChI is InChI=1S/C23H26N4O2S/c28-30(29)16-14-26(15-17-30)19-10-12-27(13-11-19)23-24-21-9-5-4-8-20(21)22(25-23)18-6-2-1-3-7-18/h1-9,19H,10-17H2. The highest BCUT2D eigenvalue weighted by Gasteiger charge is 2.30. The lowest BCUT2D eigenvalue weighted by Crippen LogP contribution is -2.50. The molecule has 0 aliphatic carbocycles. The molecule has 0 saturated carbocycles. The number of hydrogen-bond acceptors (Lipinski definition) is 6. The molecule has 0 spiro atoms. The highest BCUT2D eigenvalue weighted by Crippen LogP contribution is 2.29. The maximum atomic E-state index is 11.7. The smallest absolute Gasteiger partial charge is 0.226 e. The molecule has 30 heavy (non-hydrogen) atoms. The van der Waals surface area contributed by atoms with E-state index in [0.29, 0.717) is 30.6 Å². The summed E-state index contributed by atoms with van der Waals surface area (Å²) in [7, 11) is -2.83. The minimum absolute atomic E-state index is 0.293. The number of nitrogens with zero attached hydrogens (tertiary/aromatic N) is 4. The lowest BCUT2D eigenvalue weighted by Gasteiger charge is -2.40. The number of piperidine rings is 1. The lowest BCUT2D eigenvalue weighted by atomic mass is 10.0. The number of fused-ring (bicyclic) bond motifs is 1. The minimum atomic E-state index is -2.83. The van der Waals surface area contributed by atoms with E-state index >= 15 is 0 Å². The van der Waals surface area contributed by atoms with Gasteiger partial charge in [-0.25, -0.2) is 18.4 Å². The predicted molar refractivity (Wildman–Crippen MR) is 120 cm³/mol. The molecule has 0 unspecified atom stereocenters. The Balaban J connectivity index is 1.37. The van der Waals surface area contributed by atoms with E-state index in [1.165, 1.54) is 0 Å². The van der Waals surface area contributed by atoms with Crippen molar-refractivity contribution in [2.24, 2.45) is 0 Å². The number of para-hydroxylation sites is 1. The van der Waals surface area contributed by atoms with E-state index in [9.17, 15) is 8.42 Å². The van der Waals surface area contributed by atoms with Gasteiger partial charge in [0.15, 0.2) is 9.84 Å². The summed E-state index contributed by atoms with van der Waals surface area (Å²) >= 11 is 0. The molecule has 2 aliphatic heterocycles. The summed E-state index contributed by atoms with van der Waals surface area (Å²) in [6.07, 6.45) is 2.02. The molecule has 0 bridgehead atoms. The van der Waals surface area contributed by atoms with Crippen molar-refractivity contribution in [1.29, 1.82) is 0 Å². The van der Waals surface area contributed by atoms with Crippen LogP contribution < -0.4 is 4.90 Å². The highest BCUT2D eigenvalue weighted by molar-refractivity contribution is 7.91. The molecule has 156 valence electrons. The highest BCUT2D eigenvalue weighted by atomic mass is 32.2. The zero-order valence-corrected chi connectivity index (χ0v) is 17.8. The van der Waals surface area contributed by atoms with Crippen LogP contribution in [-0.2, 0) is 9.84 Å². The van der Waals surface area contributed by atoms with Crippen molar-refractivity contribution in [3.63, 3.8) is 0 Å². The van der Waals surface area contributed by atoms with Gasteiger partial charge in [-0.15, -0.1) is 0 Å². The summed E-state index contributed by atoms with van der Waals surface area (Å²) in [4.78, 5) is 14.5. The zero-order valence-electron chi connectivity index (χ0n) is 16.9. The third-order valence-electron chi connectivity index (χ3n) is 6.28. The molecule has 3 aromatic rings. The molecule has 2 aliphatic rings. The van der Waals surface area contributed by atoms with Crippen LogP contribution in [0.25, 0.3) is 22.2 Å². The van der Waals surface area contributed by atoms with Gasteiger partial charge in [0.1, 0.15) is 0 Å². The maximum absolute atomic E-state index is 11.7. The fourth-order valence-corrected chi connectivity index (χ4v) is 5.77. The number of sulfone groups is 1. The van der Waals surface area contributed by atoms with Crippen LogP contribution in [0.2, 0.25) is 0 Å². The van der Waals surface area contributed by atoms with Crippen molar-refractivity contribution >= 4 is 26.7 Å². The molecule has 0 N–H and O–H groups in total. The second-order valence-electron chi connectivity index (χ2n) is 8.16. The summed E-state index contributed by atoms with van der Waals surface area (Å²) in [5, 5.41) is 1.07. The third-order valence-corrected chi connectivity index (χ3v) is 7.89. The average molecular weight is 423 g/mol. The van der Waals surface area contributed by atoms with Gasteiger partial charge in [0.25, 0.3) is 0 Å². The number of hydrogen-bond donors (Lipinski definition) is 0. The number of aromatic nitrogens is 2. The summed E-state index contributed by atoms with van der Waals surface area (Å²) in [5.74, 6) is 1.37. The fraction of sp³-hybridized carbons (Fsp3) is 0.391. The van der Waals surface area contributed by atoms with E-state index < -0.39 is 9.84 Å². The molecule has 0 atom stereocenters. The molecule has 3 heterocycles. The first kappa shape index (κ1) is 19.5. The SMILES string of the molecule is O=S1(=O)CCN(C2CCN(c3nc(-c4ccccc4)c4ccccc4n3)CC2)CC1. The van der Waals surface area contributed by atoms with E-state index in [1.807, 2.05) is 36.4 Å². The number of rotatable bonds is 3. The Morgan fingerprint density at radius 1 is 0.800 bits per heavy atom. The van der Waals surface area contributed by atoms with Gasteiger partial charge >= 0.3 is 0 Å². The first-order chi connectivity index (χ1) is 14.6. The van der Waals surface area contributed by atoms with Gasteiger partial charge in [-0.3, -0.25) is 4.90 Å². The summed E-state index contributed by atoms with van der Waals surface area (Å²) in [5.41, 5.74) is 3.03. The normalized spacial score (nSPS) is 20.5. The quantitative estimate of drug-likeness (QED) is 0.647. The van der Waals surface area contributed by atoms with Crippen molar-refractivity contribution < 1.29 is 8.42 Å². The number of anilines is 1. The van der Waals surface area contributed by atoms with Gasteiger partial charge in [0.05, 0.1) is 22.7 Å². The van der Waals surface area contributed by atoms with E-state index in [-0.39, 0.29) is 0 Å². The second-order valence-corrected chi connectivity index (χ2v) is 10.5. The molecule has 0 amide bonds. The van der Waals surface area contributed by atoms with Crippen LogP contribution in [0.15, 0.2) is 54.6 Å². The summed E-state index contributed by atoms with van der Waals surface area (Å²) < 4.78 is 23.4. The van der Waals surface area contributed by atoms with Crippen molar-refractivity contribution in [2.75, 3.05) is 42.6 Å². The minimum Gasteiger partial charge on any atom is -0.341 e. The van der Waals surface area contributed by atoms with Gasteiger partial charge < -0.3 is 4.90 Å². The molecular formula is C23H26N4O2S. The van der Waals surface area contributed by atoms with Gasteiger partial charge in [0.2, 0.25) is 5.95 Å². The van der Waals surface area contributed by atoms with Gasteiger partial charge in [0, 0.05) is 43.2 Å². The van der Waals surface area contributed by atoms with Crippen LogP contribution in [0.4, 0.5) is 5.95 Å². The van der Waals surface area contributed by atoms with Crippen LogP contribution in [0.1, 0.15) is 12.8 Å². The summed E-state index contributed by atoms with van der Waals surface area (Å²) in [6, 6.07) is 18.9. The van der Waals surface area contributed by atoms with Crippen LogP contribution in [0.5, 0.6) is 0 Å². The van der Waals surface area contributed by atoms with Crippen LogP contribution in [-0.4, -0.2) is 67.0 Å². The Labute approximate surface area is 177 Å². The molecule has 2 aromatic carbocycles. The molecule has 2 saturated heterocycles. The molecular weight excluding hydrogens is 396 g/mol. The van der Waals surface area contributed by atoms with Gasteiger partial charge in [-0.2, -0.15) is 0 Å². The predicted octanol–water partition coefficient (Wildman–Crippen LogP) is 3.00. The Bertz CT molecular complexity index is 1130. The average Bonchev–Trinajstić information content (AvgIpc) is 2.79. The van der Waals surface area contributed by atoms with E-state index in [4.69, 9.17) is 9.97 Å². The van der Waals surface area contributed by atoms with Gasteiger partial charge in [-0.1, -0.05) is 48.5 Å². The first-order valence-corrected chi connectivity index (χ1v) is 12.4. The maximum Gasteiger partial charge on any atom is 0.226 e. The zero-order chi connectivity index (χ0) is 20.6. The van der Waals surface area contributed by atoms with Crippen LogP contribution >= 0.6 is 0 Å². The van der Waals surface area contributed by atoms with Crippen molar-refractivity contribution in [3.05, 3.63) is 54.6 Å². The van der Waals surface area contributed by atoms with Crippen molar-refractivity contribution in [3.8, 4) is 11.3 Å². The summed E-state index contributed by atoms with van der Waals surface area (Å²) in [6.45, 7) is 3.11. The monoisotopic (exact) mass is 422 g/mol. The second kappa shape index (κ2) is 7.96. The Morgan fingerprint density at radius 3 is 2.20 bits per heavy atom. The van der Waals surface area contributed by atoms with Crippen molar-refractivity contribution in [2.45, 2.75) is 18.9 Å². The van der Waals surface area contributed by atoms with E-state index in [2.05, 4.69) is 28.0 Å². The van der Waals surface area contributed by atoms with Gasteiger partial charge in [-0.05, 0) is 18.9 Å². The van der Waals surface area contributed by atoms with Crippen LogP contribution in [0, 0.1) is 0 Å². The topological polar surface area (TPSA) is 66.4 Å². The molecule has 5 rings (SSSR count). The van der Waals surface area contributed by atoms with E-state index in [0.717, 1.165) is 54.0 Å². The Hall–Kier alpha value is -2.51. The molecule has 0 radical (unpaired) electrons. The molecule has 6 nitrogen and oxygen atoms in total. The Morgan fingerprint density at radius 2 is 1.47 bits per heavy atom. The fourth-order valence-electron chi connectivity index (χ4n) is 4.54. The molecule has 7 heteroatoms. The molecule has 2 fully saturated rings. The largest absolute Gasteiger partial charge is 0.341 e. The number of benzene rings is 2. The first-order valence-electron chi connectivity index (χ1n) is 10.6. The molecule has 1 aromatic heterocycles. The van der Waals surface area contributed by atoms with Crippen molar-refractivity contribution in [1.82, 2.24) is 14.9 Å². The lowest BCUT2D eigenvalue weighted by molar-refractivity contribution is 0.182. The Kier molecular flexibility index (Phi) is 5.16. The van der Waals surface area contributed by atoms with Crippen LogP contribution in [0.3, 0.4) is 0 Å².